The van der Waals surface area contributed by atoms with Gasteiger partial charge < -0.3 is 5.11 Å². The first-order valence-corrected chi connectivity index (χ1v) is 12.5. The Morgan fingerprint density at radius 3 is 2.33 bits per heavy atom. The van der Waals surface area contributed by atoms with Crippen LogP contribution in [0.3, 0.4) is 0 Å². The van der Waals surface area contributed by atoms with Crippen LogP contribution in [0.15, 0.2) is 78.0 Å². The van der Waals surface area contributed by atoms with Gasteiger partial charge in [0.15, 0.2) is 5.78 Å². The third kappa shape index (κ3) is 4.32. The second-order valence-corrected chi connectivity index (χ2v) is 10.1. The molecule has 1 N–H and O–H groups in total. The number of ketones is 1. The Hall–Kier alpha value is -3.12. The van der Waals surface area contributed by atoms with Gasteiger partial charge in [0.05, 0.1) is 26.3 Å². The molecule has 2 unspecified atom stereocenters. The minimum atomic E-state index is -1.14. The summed E-state index contributed by atoms with van der Waals surface area (Å²) in [5.74, 6) is -2.25. The number of carbonyl (C=O) groups excluding carboxylic acids is 2. The monoisotopic (exact) mass is 539 g/mol. The number of halogens is 3. The smallest absolute Gasteiger partial charge is 0.335 e. The summed E-state index contributed by atoms with van der Waals surface area (Å²) in [5, 5.41) is 10.4. The van der Waals surface area contributed by atoms with Crippen LogP contribution in [0.2, 0.25) is 15.1 Å². The lowest BCUT2D eigenvalue weighted by molar-refractivity contribution is -0.120. The number of aromatic carboxylic acids is 1. The van der Waals surface area contributed by atoms with E-state index in [1.165, 1.54) is 23.1 Å². The Kier molecular flexibility index (Phi) is 6.64. The maximum atomic E-state index is 13.7. The van der Waals surface area contributed by atoms with Gasteiger partial charge in [0, 0.05) is 30.0 Å². The fraction of sp³-hybridized carbons (Fsp3) is 0.179. The number of benzene rings is 3. The summed E-state index contributed by atoms with van der Waals surface area (Å²) in [6, 6.07) is 19.0. The molecular formula is C28H20Cl3NO4. The van der Waals surface area contributed by atoms with E-state index < -0.39 is 11.9 Å². The zero-order valence-corrected chi connectivity index (χ0v) is 21.1. The molecule has 5 nitrogen and oxygen atoms in total. The van der Waals surface area contributed by atoms with Crippen LogP contribution in [0.1, 0.15) is 52.6 Å². The normalized spacial score (nSPS) is 19.9. The fourth-order valence-corrected chi connectivity index (χ4v) is 5.79. The van der Waals surface area contributed by atoms with Gasteiger partial charge in [-0.1, -0.05) is 77.3 Å². The molecule has 3 aromatic carbocycles. The summed E-state index contributed by atoms with van der Waals surface area (Å²) >= 11 is 19.3. The molecule has 36 heavy (non-hydrogen) atoms. The summed E-state index contributed by atoms with van der Waals surface area (Å²) in [5.41, 5.74) is 2.83. The summed E-state index contributed by atoms with van der Waals surface area (Å²) in [6.07, 6.45) is 0.649. The second-order valence-electron chi connectivity index (χ2n) is 8.90. The third-order valence-electron chi connectivity index (χ3n) is 6.79. The van der Waals surface area contributed by atoms with E-state index in [0.717, 1.165) is 5.56 Å². The van der Waals surface area contributed by atoms with E-state index in [4.69, 9.17) is 34.8 Å². The molecular weight excluding hydrogens is 521 g/mol. The van der Waals surface area contributed by atoms with E-state index in [9.17, 15) is 19.5 Å². The van der Waals surface area contributed by atoms with Crippen molar-refractivity contribution in [3.05, 3.63) is 110 Å². The number of rotatable bonds is 4. The lowest BCUT2D eigenvalue weighted by Crippen LogP contribution is -2.42. The highest BCUT2D eigenvalue weighted by molar-refractivity contribution is 6.42. The lowest BCUT2D eigenvalue weighted by Gasteiger charge is -2.41. The van der Waals surface area contributed by atoms with Crippen LogP contribution in [-0.2, 0) is 9.59 Å². The van der Waals surface area contributed by atoms with Crippen LogP contribution >= 0.6 is 34.8 Å². The van der Waals surface area contributed by atoms with E-state index in [1.807, 2.05) is 30.3 Å². The van der Waals surface area contributed by atoms with Gasteiger partial charge in [0.1, 0.15) is 0 Å². The van der Waals surface area contributed by atoms with Gasteiger partial charge >= 0.3 is 5.97 Å². The van der Waals surface area contributed by atoms with Gasteiger partial charge in [-0.2, -0.15) is 0 Å². The molecule has 2 atom stereocenters. The Morgan fingerprint density at radius 1 is 0.861 bits per heavy atom. The molecule has 8 heteroatoms. The van der Waals surface area contributed by atoms with Crippen molar-refractivity contribution in [1.29, 1.82) is 0 Å². The van der Waals surface area contributed by atoms with Crippen molar-refractivity contribution in [3.63, 3.8) is 0 Å². The van der Waals surface area contributed by atoms with Crippen molar-refractivity contribution in [2.24, 2.45) is 0 Å². The van der Waals surface area contributed by atoms with Crippen molar-refractivity contribution in [2.45, 2.75) is 31.1 Å². The molecule has 1 aliphatic carbocycles. The molecule has 5 rings (SSSR count). The largest absolute Gasteiger partial charge is 0.478 e. The van der Waals surface area contributed by atoms with Gasteiger partial charge in [-0.3, -0.25) is 14.5 Å². The Labute approximate surface area is 222 Å². The Morgan fingerprint density at radius 2 is 1.61 bits per heavy atom. The Bertz CT molecular complexity index is 1430. The lowest BCUT2D eigenvalue weighted by atomic mass is 9.72. The zero-order valence-electron chi connectivity index (χ0n) is 18.9. The van der Waals surface area contributed by atoms with Gasteiger partial charge in [-0.25, -0.2) is 4.79 Å². The molecule has 182 valence electrons. The van der Waals surface area contributed by atoms with E-state index in [-0.39, 0.29) is 46.7 Å². The average molecular weight is 541 g/mol. The van der Waals surface area contributed by atoms with Crippen molar-refractivity contribution in [2.75, 3.05) is 4.90 Å². The molecule has 1 amide bonds. The van der Waals surface area contributed by atoms with Gasteiger partial charge in [-0.15, -0.1) is 0 Å². The summed E-state index contributed by atoms with van der Waals surface area (Å²) in [7, 11) is 0. The van der Waals surface area contributed by atoms with Crippen molar-refractivity contribution in [3.8, 4) is 0 Å². The highest BCUT2D eigenvalue weighted by Crippen LogP contribution is 2.49. The molecule has 2 aliphatic rings. The summed E-state index contributed by atoms with van der Waals surface area (Å²) in [4.78, 5) is 40.5. The second kappa shape index (κ2) is 9.74. The number of carbonyl (C=O) groups is 3. The van der Waals surface area contributed by atoms with Crippen LogP contribution in [-0.4, -0.2) is 22.8 Å². The fourth-order valence-electron chi connectivity index (χ4n) is 5.15. The van der Waals surface area contributed by atoms with Crippen LogP contribution in [0.25, 0.3) is 0 Å². The first-order valence-electron chi connectivity index (χ1n) is 11.4. The molecule has 3 aromatic rings. The first-order chi connectivity index (χ1) is 17.3. The maximum absolute atomic E-state index is 13.7. The number of carboxylic acid groups (broad SMARTS) is 1. The number of Topliss-reactive ketones (excluding diaryl/α,β-unsaturated/α-hetero) is 1. The predicted octanol–water partition coefficient (Wildman–Crippen LogP) is 7.27. The molecule has 0 spiro atoms. The van der Waals surface area contributed by atoms with E-state index in [0.29, 0.717) is 33.3 Å². The molecule has 0 bridgehead atoms. The van der Waals surface area contributed by atoms with Crippen LogP contribution in [0.5, 0.6) is 0 Å². The SMILES string of the molecule is O=C1CC(c2ccccc2)CC2=C1C(c1cccc(Cl)c1Cl)CC(=O)N2c1cc(C(=O)O)ccc1Cl. The third-order valence-corrected chi connectivity index (χ3v) is 7.94. The van der Waals surface area contributed by atoms with Crippen molar-refractivity contribution >= 4 is 58.1 Å². The number of hydrogen-bond donors (Lipinski definition) is 1. The number of allylic oxidation sites excluding steroid dienone is 2. The highest BCUT2D eigenvalue weighted by Gasteiger charge is 2.43. The number of nitrogens with zero attached hydrogens (tertiary/aromatic N) is 1. The van der Waals surface area contributed by atoms with Crippen LogP contribution < -0.4 is 4.90 Å². The first kappa shape index (κ1) is 24.6. The quantitative estimate of drug-likeness (QED) is 0.378. The maximum Gasteiger partial charge on any atom is 0.335 e. The molecule has 0 fully saturated rings. The number of anilines is 1. The standard InChI is InChI=1S/C28H20Cl3NO4/c29-20-10-9-16(28(35)36)11-22(20)32-23-12-17(15-5-2-1-3-6-15)13-24(33)26(23)19(14-25(32)34)18-7-4-8-21(30)27(18)31/h1-11,17,19H,12-14H2,(H,35,36). The molecule has 0 saturated carbocycles. The topological polar surface area (TPSA) is 74.7 Å². The molecule has 1 heterocycles. The average Bonchev–Trinajstić information content (AvgIpc) is 2.86. The Balaban J connectivity index is 1.72. The van der Waals surface area contributed by atoms with E-state index >= 15 is 0 Å². The number of hydrogen-bond acceptors (Lipinski definition) is 3. The minimum absolute atomic E-state index is 0.00824. The molecule has 0 radical (unpaired) electrons. The predicted molar refractivity (Wildman–Crippen MR) is 140 cm³/mol. The van der Waals surface area contributed by atoms with Gasteiger partial charge in [0.25, 0.3) is 0 Å². The summed E-state index contributed by atoms with van der Waals surface area (Å²) in [6.45, 7) is 0. The molecule has 1 aliphatic heterocycles. The van der Waals surface area contributed by atoms with Crippen molar-refractivity contribution < 1.29 is 19.5 Å². The number of carboxylic acids is 1. The van der Waals surface area contributed by atoms with Crippen LogP contribution in [0, 0.1) is 0 Å². The van der Waals surface area contributed by atoms with Crippen molar-refractivity contribution in [1.82, 2.24) is 0 Å². The highest BCUT2D eigenvalue weighted by atomic mass is 35.5. The molecule has 0 saturated heterocycles. The van der Waals surface area contributed by atoms with Gasteiger partial charge in [-0.05, 0) is 47.7 Å². The minimum Gasteiger partial charge on any atom is -0.478 e. The van der Waals surface area contributed by atoms with Gasteiger partial charge in [0.2, 0.25) is 5.91 Å². The zero-order chi connectivity index (χ0) is 25.6. The van der Waals surface area contributed by atoms with E-state index in [1.54, 1.807) is 18.2 Å². The van der Waals surface area contributed by atoms with Crippen LogP contribution in [0.4, 0.5) is 5.69 Å². The summed E-state index contributed by atoms with van der Waals surface area (Å²) < 4.78 is 0. The number of amides is 1. The molecule has 0 aromatic heterocycles. The van der Waals surface area contributed by atoms with E-state index in [2.05, 4.69) is 0 Å².